The third kappa shape index (κ3) is 6.82. The monoisotopic (exact) mass is 447 g/mol. The van der Waals surface area contributed by atoms with Gasteiger partial charge in [0.25, 0.3) is 5.91 Å². The second-order valence-electron chi connectivity index (χ2n) is 7.88. The lowest BCUT2D eigenvalue weighted by atomic mass is 10.1. The van der Waals surface area contributed by atoms with E-state index in [-0.39, 0.29) is 18.2 Å². The SMILES string of the molecule is COc1ccc(NC(=O)Cc2cccc(NC(=O)c3ccc(CN(C)C)cc3)c2)cc1OC. The molecule has 3 aromatic rings. The topological polar surface area (TPSA) is 79.9 Å². The van der Waals surface area contributed by atoms with Crippen molar-refractivity contribution in [2.75, 3.05) is 38.9 Å². The third-order valence-electron chi connectivity index (χ3n) is 4.93. The first kappa shape index (κ1) is 23.8. The van der Waals surface area contributed by atoms with Crippen LogP contribution >= 0.6 is 0 Å². The summed E-state index contributed by atoms with van der Waals surface area (Å²) in [4.78, 5) is 27.2. The Labute approximate surface area is 194 Å². The van der Waals surface area contributed by atoms with Crippen LogP contribution in [0.4, 0.5) is 11.4 Å². The molecule has 0 spiro atoms. The van der Waals surface area contributed by atoms with E-state index in [9.17, 15) is 9.59 Å². The zero-order valence-electron chi connectivity index (χ0n) is 19.3. The summed E-state index contributed by atoms with van der Waals surface area (Å²) in [6.07, 6.45) is 0.164. The third-order valence-corrected chi connectivity index (χ3v) is 4.93. The molecule has 0 aliphatic carbocycles. The lowest BCUT2D eigenvalue weighted by Crippen LogP contribution is -2.15. The molecule has 0 saturated heterocycles. The van der Waals surface area contributed by atoms with Gasteiger partial charge in [0.05, 0.1) is 20.6 Å². The zero-order chi connectivity index (χ0) is 23.8. The standard InChI is InChI=1S/C26H29N3O4/c1-29(2)17-18-8-10-20(11-9-18)26(31)28-21-7-5-6-19(14-21)15-25(30)27-22-12-13-23(32-3)24(16-22)33-4/h5-14,16H,15,17H2,1-4H3,(H,27,30)(H,28,31). The minimum Gasteiger partial charge on any atom is -0.493 e. The molecular formula is C26H29N3O4. The molecule has 0 heterocycles. The number of benzene rings is 3. The molecule has 0 aliphatic rings. The molecule has 0 fully saturated rings. The number of ether oxygens (including phenoxy) is 2. The number of hydrogen-bond acceptors (Lipinski definition) is 5. The highest BCUT2D eigenvalue weighted by Gasteiger charge is 2.10. The Balaban J connectivity index is 1.61. The molecule has 33 heavy (non-hydrogen) atoms. The molecule has 0 saturated carbocycles. The first-order valence-electron chi connectivity index (χ1n) is 10.5. The number of anilines is 2. The molecule has 0 aliphatic heterocycles. The van der Waals surface area contributed by atoms with Crippen LogP contribution in [0.1, 0.15) is 21.5 Å². The van der Waals surface area contributed by atoms with Crippen LogP contribution in [0, 0.1) is 0 Å². The van der Waals surface area contributed by atoms with Crippen LogP contribution in [0.25, 0.3) is 0 Å². The van der Waals surface area contributed by atoms with Crippen molar-refractivity contribution in [1.82, 2.24) is 4.90 Å². The van der Waals surface area contributed by atoms with E-state index in [1.807, 2.05) is 50.5 Å². The van der Waals surface area contributed by atoms with E-state index >= 15 is 0 Å². The molecule has 3 aromatic carbocycles. The first-order chi connectivity index (χ1) is 15.9. The fraction of sp³-hybridized carbons (Fsp3) is 0.231. The van der Waals surface area contributed by atoms with Gasteiger partial charge in [0.2, 0.25) is 5.91 Å². The van der Waals surface area contributed by atoms with E-state index in [1.54, 1.807) is 44.6 Å². The Morgan fingerprint density at radius 2 is 1.48 bits per heavy atom. The lowest BCUT2D eigenvalue weighted by Gasteiger charge is -2.11. The summed E-state index contributed by atoms with van der Waals surface area (Å²) in [5.74, 6) is 0.751. The maximum absolute atomic E-state index is 12.6. The van der Waals surface area contributed by atoms with Gasteiger partial charge in [0.15, 0.2) is 11.5 Å². The smallest absolute Gasteiger partial charge is 0.255 e. The molecule has 3 rings (SSSR count). The van der Waals surface area contributed by atoms with Crippen LogP contribution in [-0.4, -0.2) is 45.0 Å². The Bertz CT molecular complexity index is 1110. The Hall–Kier alpha value is -3.84. The lowest BCUT2D eigenvalue weighted by molar-refractivity contribution is -0.115. The van der Waals surface area contributed by atoms with Crippen LogP contribution in [0.3, 0.4) is 0 Å². The minimum absolute atomic E-state index is 0.164. The Kier molecular flexibility index (Phi) is 8.05. The van der Waals surface area contributed by atoms with E-state index in [0.717, 1.165) is 17.7 Å². The number of nitrogens with zero attached hydrogens (tertiary/aromatic N) is 1. The summed E-state index contributed by atoms with van der Waals surface area (Å²) in [5, 5.41) is 5.75. The highest BCUT2D eigenvalue weighted by Crippen LogP contribution is 2.29. The molecule has 0 aromatic heterocycles. The normalized spacial score (nSPS) is 10.6. The average Bonchev–Trinajstić information content (AvgIpc) is 2.79. The average molecular weight is 448 g/mol. The molecular weight excluding hydrogens is 418 g/mol. The van der Waals surface area contributed by atoms with Crippen LogP contribution < -0.4 is 20.1 Å². The van der Waals surface area contributed by atoms with E-state index in [4.69, 9.17) is 9.47 Å². The summed E-state index contributed by atoms with van der Waals surface area (Å²) in [5.41, 5.74) is 3.74. The molecule has 2 N–H and O–H groups in total. The fourth-order valence-corrected chi connectivity index (χ4v) is 3.39. The van der Waals surface area contributed by atoms with Gasteiger partial charge in [-0.3, -0.25) is 9.59 Å². The van der Waals surface area contributed by atoms with Gasteiger partial charge in [0.1, 0.15) is 0 Å². The van der Waals surface area contributed by atoms with Gasteiger partial charge in [-0.2, -0.15) is 0 Å². The van der Waals surface area contributed by atoms with Crippen LogP contribution in [-0.2, 0) is 17.8 Å². The predicted octanol–water partition coefficient (Wildman–Crippen LogP) is 4.20. The highest BCUT2D eigenvalue weighted by molar-refractivity contribution is 6.04. The van der Waals surface area contributed by atoms with E-state index in [0.29, 0.717) is 28.4 Å². The summed E-state index contributed by atoms with van der Waals surface area (Å²) in [7, 11) is 7.10. The minimum atomic E-state index is -0.196. The van der Waals surface area contributed by atoms with Crippen molar-refractivity contribution >= 4 is 23.2 Å². The van der Waals surface area contributed by atoms with Crippen molar-refractivity contribution in [3.05, 3.63) is 83.4 Å². The van der Waals surface area contributed by atoms with Crippen molar-refractivity contribution in [3.63, 3.8) is 0 Å². The van der Waals surface area contributed by atoms with Gasteiger partial charge in [-0.15, -0.1) is 0 Å². The molecule has 172 valence electrons. The number of rotatable bonds is 9. The van der Waals surface area contributed by atoms with Crippen molar-refractivity contribution < 1.29 is 19.1 Å². The zero-order valence-corrected chi connectivity index (χ0v) is 19.3. The number of carbonyl (C=O) groups is 2. The van der Waals surface area contributed by atoms with Gasteiger partial charge >= 0.3 is 0 Å². The van der Waals surface area contributed by atoms with Gasteiger partial charge in [0, 0.05) is 29.5 Å². The maximum atomic E-state index is 12.6. The Morgan fingerprint density at radius 1 is 0.788 bits per heavy atom. The highest BCUT2D eigenvalue weighted by atomic mass is 16.5. The second kappa shape index (κ2) is 11.2. The van der Waals surface area contributed by atoms with Gasteiger partial charge < -0.3 is 25.0 Å². The molecule has 7 heteroatoms. The summed E-state index contributed by atoms with van der Waals surface area (Å²) >= 11 is 0. The molecule has 0 atom stereocenters. The number of carbonyl (C=O) groups excluding carboxylic acids is 2. The van der Waals surface area contributed by atoms with E-state index in [1.165, 1.54) is 0 Å². The molecule has 0 radical (unpaired) electrons. The summed E-state index contributed by atoms with van der Waals surface area (Å²) < 4.78 is 10.5. The van der Waals surface area contributed by atoms with Crippen molar-refractivity contribution in [2.24, 2.45) is 0 Å². The summed E-state index contributed by atoms with van der Waals surface area (Å²) in [6, 6.07) is 20.0. The number of nitrogens with one attached hydrogen (secondary N) is 2. The number of amides is 2. The van der Waals surface area contributed by atoms with E-state index in [2.05, 4.69) is 15.5 Å². The number of hydrogen-bond donors (Lipinski definition) is 2. The largest absolute Gasteiger partial charge is 0.493 e. The summed E-state index contributed by atoms with van der Waals surface area (Å²) in [6.45, 7) is 0.815. The second-order valence-corrected chi connectivity index (χ2v) is 7.88. The quantitative estimate of drug-likeness (QED) is 0.514. The van der Waals surface area contributed by atoms with Gasteiger partial charge in [-0.05, 0) is 61.6 Å². The van der Waals surface area contributed by atoms with Crippen molar-refractivity contribution in [1.29, 1.82) is 0 Å². The molecule has 7 nitrogen and oxygen atoms in total. The Morgan fingerprint density at radius 3 is 2.15 bits per heavy atom. The fourth-order valence-electron chi connectivity index (χ4n) is 3.39. The maximum Gasteiger partial charge on any atom is 0.255 e. The van der Waals surface area contributed by atoms with Gasteiger partial charge in [-0.25, -0.2) is 0 Å². The van der Waals surface area contributed by atoms with Crippen LogP contribution in [0.15, 0.2) is 66.7 Å². The van der Waals surface area contributed by atoms with Crippen LogP contribution in [0.2, 0.25) is 0 Å². The molecule has 0 unspecified atom stereocenters. The van der Waals surface area contributed by atoms with E-state index < -0.39 is 0 Å². The van der Waals surface area contributed by atoms with Gasteiger partial charge in [-0.1, -0.05) is 24.3 Å². The number of methoxy groups -OCH3 is 2. The predicted molar refractivity (Wildman–Crippen MR) is 130 cm³/mol. The van der Waals surface area contributed by atoms with Crippen molar-refractivity contribution in [2.45, 2.75) is 13.0 Å². The molecule has 0 bridgehead atoms. The van der Waals surface area contributed by atoms with Crippen molar-refractivity contribution in [3.8, 4) is 11.5 Å². The first-order valence-corrected chi connectivity index (χ1v) is 10.5. The molecule has 2 amide bonds. The van der Waals surface area contributed by atoms with Crippen LogP contribution in [0.5, 0.6) is 11.5 Å².